The summed E-state index contributed by atoms with van der Waals surface area (Å²) >= 11 is 3.46. The van der Waals surface area contributed by atoms with Gasteiger partial charge in [-0.2, -0.15) is 0 Å². The Labute approximate surface area is 98.9 Å². The molecule has 1 saturated carbocycles. The number of para-hydroxylation sites is 1. The van der Waals surface area contributed by atoms with E-state index in [-0.39, 0.29) is 5.54 Å². The minimum Gasteiger partial charge on any atom is -0.490 e. The van der Waals surface area contributed by atoms with Gasteiger partial charge in [0.25, 0.3) is 0 Å². The molecule has 1 aromatic carbocycles. The van der Waals surface area contributed by atoms with Crippen molar-refractivity contribution in [3.8, 4) is 5.75 Å². The van der Waals surface area contributed by atoms with Crippen molar-refractivity contribution >= 4 is 15.9 Å². The summed E-state index contributed by atoms with van der Waals surface area (Å²) in [7, 11) is 0. The Morgan fingerprint density at radius 1 is 1.27 bits per heavy atom. The summed E-state index contributed by atoms with van der Waals surface area (Å²) in [4.78, 5) is 0. The Morgan fingerprint density at radius 2 is 1.93 bits per heavy atom. The fraction of sp³-hybridized carbons (Fsp3) is 0.500. The van der Waals surface area contributed by atoms with Crippen LogP contribution in [0.4, 0.5) is 0 Å². The zero-order chi connectivity index (χ0) is 10.7. The first kappa shape index (κ1) is 11.0. The summed E-state index contributed by atoms with van der Waals surface area (Å²) in [6.07, 6.45) is 4.63. The number of hydrogen-bond donors (Lipinski definition) is 1. The zero-order valence-electron chi connectivity index (χ0n) is 8.71. The second kappa shape index (κ2) is 4.54. The average Bonchev–Trinajstić information content (AvgIpc) is 2.65. The minimum absolute atomic E-state index is 0.102. The summed E-state index contributed by atoms with van der Waals surface area (Å²) in [5, 5.41) is 0. The molecule has 0 bridgehead atoms. The van der Waals surface area contributed by atoms with Crippen molar-refractivity contribution in [3.63, 3.8) is 0 Å². The molecule has 0 unspecified atom stereocenters. The first-order valence-corrected chi connectivity index (χ1v) is 6.15. The van der Waals surface area contributed by atoms with Gasteiger partial charge < -0.3 is 10.5 Å². The number of ether oxygens (including phenoxy) is 1. The first-order chi connectivity index (χ1) is 7.20. The maximum Gasteiger partial charge on any atom is 0.133 e. The largest absolute Gasteiger partial charge is 0.490 e. The van der Waals surface area contributed by atoms with E-state index in [9.17, 15) is 0 Å². The molecule has 82 valence electrons. The number of halogens is 1. The molecule has 0 radical (unpaired) electrons. The van der Waals surface area contributed by atoms with Gasteiger partial charge in [0.1, 0.15) is 12.4 Å². The monoisotopic (exact) mass is 269 g/mol. The van der Waals surface area contributed by atoms with E-state index in [2.05, 4.69) is 15.9 Å². The number of nitrogens with two attached hydrogens (primary N) is 1. The third-order valence-electron chi connectivity index (χ3n) is 2.95. The summed E-state index contributed by atoms with van der Waals surface area (Å²) in [5.41, 5.74) is 6.11. The van der Waals surface area contributed by atoms with Crippen molar-refractivity contribution in [1.29, 1.82) is 0 Å². The Balaban J connectivity index is 1.95. The maximum absolute atomic E-state index is 6.22. The Kier molecular flexibility index (Phi) is 3.32. The Bertz CT molecular complexity index is 334. The molecule has 2 N–H and O–H groups in total. The zero-order valence-corrected chi connectivity index (χ0v) is 10.3. The summed E-state index contributed by atoms with van der Waals surface area (Å²) in [6, 6.07) is 7.89. The van der Waals surface area contributed by atoms with E-state index in [1.165, 1.54) is 12.8 Å². The molecule has 1 aliphatic carbocycles. The van der Waals surface area contributed by atoms with Gasteiger partial charge in [0.05, 0.1) is 10.0 Å². The molecule has 0 atom stereocenters. The van der Waals surface area contributed by atoms with Crippen LogP contribution in [-0.2, 0) is 0 Å². The van der Waals surface area contributed by atoms with E-state index >= 15 is 0 Å². The van der Waals surface area contributed by atoms with E-state index in [1.807, 2.05) is 24.3 Å². The topological polar surface area (TPSA) is 35.2 Å². The summed E-state index contributed by atoms with van der Waals surface area (Å²) in [5.74, 6) is 0.884. The highest BCUT2D eigenvalue weighted by molar-refractivity contribution is 9.10. The third kappa shape index (κ3) is 2.73. The normalized spacial score (nSPS) is 19.1. The maximum atomic E-state index is 6.22. The highest BCUT2D eigenvalue weighted by Gasteiger charge is 2.30. The summed E-state index contributed by atoms with van der Waals surface area (Å²) in [6.45, 7) is 0.621. The van der Waals surface area contributed by atoms with Gasteiger partial charge >= 0.3 is 0 Å². The molecule has 1 aliphatic rings. The Hall–Kier alpha value is -0.540. The lowest BCUT2D eigenvalue weighted by Gasteiger charge is -2.23. The molecule has 2 nitrogen and oxygen atoms in total. The van der Waals surface area contributed by atoms with Crippen LogP contribution in [0.15, 0.2) is 28.7 Å². The van der Waals surface area contributed by atoms with Crippen molar-refractivity contribution in [2.75, 3.05) is 6.61 Å². The van der Waals surface area contributed by atoms with E-state index < -0.39 is 0 Å². The quantitative estimate of drug-likeness (QED) is 0.916. The van der Waals surface area contributed by atoms with E-state index in [0.29, 0.717) is 6.61 Å². The predicted molar refractivity (Wildman–Crippen MR) is 65.0 cm³/mol. The van der Waals surface area contributed by atoms with Crippen LogP contribution < -0.4 is 10.5 Å². The van der Waals surface area contributed by atoms with Gasteiger partial charge in [0.15, 0.2) is 0 Å². The van der Waals surface area contributed by atoms with Gasteiger partial charge in [-0.1, -0.05) is 25.0 Å². The molecule has 0 saturated heterocycles. The smallest absolute Gasteiger partial charge is 0.133 e. The van der Waals surface area contributed by atoms with Crippen LogP contribution in [0.25, 0.3) is 0 Å². The van der Waals surface area contributed by atoms with Gasteiger partial charge in [0, 0.05) is 0 Å². The molecule has 0 aliphatic heterocycles. The molecule has 3 heteroatoms. The van der Waals surface area contributed by atoms with Crippen molar-refractivity contribution in [3.05, 3.63) is 28.7 Å². The van der Waals surface area contributed by atoms with E-state index in [1.54, 1.807) is 0 Å². The van der Waals surface area contributed by atoms with Gasteiger partial charge in [-0.3, -0.25) is 0 Å². The number of hydrogen-bond acceptors (Lipinski definition) is 2. The average molecular weight is 270 g/mol. The van der Waals surface area contributed by atoms with Crippen LogP contribution >= 0.6 is 15.9 Å². The number of benzene rings is 1. The van der Waals surface area contributed by atoms with Gasteiger partial charge in [-0.25, -0.2) is 0 Å². The van der Waals surface area contributed by atoms with Crippen LogP contribution in [0.3, 0.4) is 0 Å². The standard InChI is InChI=1S/C12H16BrNO/c13-10-5-1-2-6-11(10)15-9-12(14)7-3-4-8-12/h1-2,5-6H,3-4,7-9,14H2. The van der Waals surface area contributed by atoms with Crippen LogP contribution in [0.5, 0.6) is 5.75 Å². The Morgan fingerprint density at radius 3 is 2.60 bits per heavy atom. The fourth-order valence-corrected chi connectivity index (χ4v) is 2.41. The second-order valence-corrected chi connectivity index (χ2v) is 5.14. The van der Waals surface area contributed by atoms with E-state index in [4.69, 9.17) is 10.5 Å². The molecular weight excluding hydrogens is 254 g/mol. The first-order valence-electron chi connectivity index (χ1n) is 5.36. The van der Waals surface area contributed by atoms with Crippen LogP contribution in [0.1, 0.15) is 25.7 Å². The van der Waals surface area contributed by atoms with Crippen LogP contribution in [0.2, 0.25) is 0 Å². The summed E-state index contributed by atoms with van der Waals surface area (Å²) < 4.78 is 6.74. The van der Waals surface area contributed by atoms with Crippen molar-refractivity contribution in [2.45, 2.75) is 31.2 Å². The molecule has 0 amide bonds. The molecule has 0 heterocycles. The van der Waals surface area contributed by atoms with Crippen molar-refractivity contribution in [1.82, 2.24) is 0 Å². The predicted octanol–water partition coefficient (Wildman–Crippen LogP) is 3.10. The molecule has 0 aromatic heterocycles. The van der Waals surface area contributed by atoms with Crippen LogP contribution in [0, 0.1) is 0 Å². The van der Waals surface area contributed by atoms with Crippen LogP contribution in [-0.4, -0.2) is 12.1 Å². The van der Waals surface area contributed by atoms with E-state index in [0.717, 1.165) is 23.1 Å². The lowest BCUT2D eigenvalue weighted by molar-refractivity contribution is 0.219. The molecule has 1 fully saturated rings. The van der Waals surface area contributed by atoms with Gasteiger partial charge in [0.2, 0.25) is 0 Å². The highest BCUT2D eigenvalue weighted by Crippen LogP contribution is 2.30. The molecular formula is C12H16BrNO. The van der Waals surface area contributed by atoms with Gasteiger partial charge in [-0.05, 0) is 40.9 Å². The highest BCUT2D eigenvalue weighted by atomic mass is 79.9. The third-order valence-corrected chi connectivity index (χ3v) is 3.61. The minimum atomic E-state index is -0.102. The van der Waals surface area contributed by atoms with Gasteiger partial charge in [-0.15, -0.1) is 0 Å². The number of rotatable bonds is 3. The molecule has 1 aromatic rings. The lowest BCUT2D eigenvalue weighted by atomic mass is 10.0. The molecule has 2 rings (SSSR count). The van der Waals surface area contributed by atoms with Crippen molar-refractivity contribution < 1.29 is 4.74 Å². The molecule has 15 heavy (non-hydrogen) atoms. The SMILES string of the molecule is NC1(COc2ccccc2Br)CCCC1. The second-order valence-electron chi connectivity index (χ2n) is 4.29. The lowest BCUT2D eigenvalue weighted by Crippen LogP contribution is -2.42. The molecule has 0 spiro atoms. The van der Waals surface area contributed by atoms with Crippen molar-refractivity contribution in [2.24, 2.45) is 5.73 Å². The fourth-order valence-electron chi connectivity index (χ4n) is 2.01.